The Hall–Kier alpha value is -2.31. The number of nitrogens with zero attached hydrogens (tertiary/aromatic N) is 2. The van der Waals surface area contributed by atoms with Crippen LogP contribution in [0.1, 0.15) is 28.9 Å². The fourth-order valence-electron chi connectivity index (χ4n) is 2.26. The molecule has 0 aliphatic heterocycles. The Labute approximate surface area is 132 Å². The van der Waals surface area contributed by atoms with E-state index in [1.807, 2.05) is 19.9 Å². The van der Waals surface area contributed by atoms with E-state index < -0.39 is 11.7 Å². The van der Waals surface area contributed by atoms with Crippen LogP contribution in [0.5, 0.6) is 0 Å². The first-order valence-corrected chi connectivity index (χ1v) is 7.19. The first kappa shape index (κ1) is 17.1. The SMILES string of the molecule is Cc1cc(C)n(CCC(=O)NCc2cccc(C(F)(F)F)c2)n1. The van der Waals surface area contributed by atoms with E-state index in [4.69, 9.17) is 0 Å². The zero-order valence-electron chi connectivity index (χ0n) is 12.9. The van der Waals surface area contributed by atoms with Crippen LogP contribution < -0.4 is 5.32 Å². The lowest BCUT2D eigenvalue weighted by molar-refractivity contribution is -0.137. The Morgan fingerprint density at radius 1 is 1.26 bits per heavy atom. The molecule has 1 aromatic carbocycles. The van der Waals surface area contributed by atoms with Gasteiger partial charge in [-0.1, -0.05) is 12.1 Å². The average Bonchev–Trinajstić information content (AvgIpc) is 2.80. The van der Waals surface area contributed by atoms with Crippen molar-refractivity contribution in [3.63, 3.8) is 0 Å². The smallest absolute Gasteiger partial charge is 0.352 e. The fraction of sp³-hybridized carbons (Fsp3) is 0.375. The summed E-state index contributed by atoms with van der Waals surface area (Å²) in [6.45, 7) is 4.28. The number of nitrogens with one attached hydrogen (secondary N) is 1. The lowest BCUT2D eigenvalue weighted by Crippen LogP contribution is -2.24. The molecule has 0 bridgehead atoms. The highest BCUT2D eigenvalue weighted by Gasteiger charge is 2.30. The molecule has 0 unspecified atom stereocenters. The number of benzene rings is 1. The second-order valence-electron chi connectivity index (χ2n) is 5.38. The number of rotatable bonds is 5. The van der Waals surface area contributed by atoms with Crippen molar-refractivity contribution >= 4 is 5.91 Å². The molecule has 2 aromatic rings. The number of aryl methyl sites for hydroxylation is 3. The molecular weight excluding hydrogens is 307 g/mol. The maximum atomic E-state index is 12.6. The minimum Gasteiger partial charge on any atom is -0.352 e. The van der Waals surface area contributed by atoms with Gasteiger partial charge in [-0.2, -0.15) is 18.3 Å². The van der Waals surface area contributed by atoms with E-state index in [0.29, 0.717) is 12.1 Å². The Bertz CT molecular complexity index is 692. The van der Waals surface area contributed by atoms with E-state index in [-0.39, 0.29) is 18.9 Å². The molecule has 4 nitrogen and oxygen atoms in total. The molecule has 7 heteroatoms. The standard InChI is InChI=1S/C16H18F3N3O/c1-11-8-12(2)22(21-11)7-6-15(23)20-10-13-4-3-5-14(9-13)16(17,18)19/h3-5,8-9H,6-7,10H2,1-2H3,(H,20,23). The predicted octanol–water partition coefficient (Wildman–Crippen LogP) is 3.23. The molecule has 0 radical (unpaired) electrons. The maximum Gasteiger partial charge on any atom is 0.416 e. The molecule has 1 heterocycles. The summed E-state index contributed by atoms with van der Waals surface area (Å²) in [7, 11) is 0. The van der Waals surface area contributed by atoms with E-state index in [2.05, 4.69) is 10.4 Å². The average molecular weight is 325 g/mol. The fourth-order valence-corrected chi connectivity index (χ4v) is 2.26. The third-order valence-corrected chi connectivity index (χ3v) is 3.40. The summed E-state index contributed by atoms with van der Waals surface area (Å²) in [5, 5.41) is 6.88. The lowest BCUT2D eigenvalue weighted by Gasteiger charge is -2.10. The van der Waals surface area contributed by atoms with Crippen LogP contribution in [0.3, 0.4) is 0 Å². The van der Waals surface area contributed by atoms with Gasteiger partial charge < -0.3 is 5.32 Å². The number of amides is 1. The molecule has 1 N–H and O–H groups in total. The molecule has 23 heavy (non-hydrogen) atoms. The number of carbonyl (C=O) groups excluding carboxylic acids is 1. The van der Waals surface area contributed by atoms with E-state index in [0.717, 1.165) is 23.5 Å². The Morgan fingerprint density at radius 3 is 2.61 bits per heavy atom. The molecule has 124 valence electrons. The topological polar surface area (TPSA) is 46.9 Å². The molecule has 0 aliphatic rings. The van der Waals surface area contributed by atoms with Gasteiger partial charge in [0, 0.05) is 25.2 Å². The van der Waals surface area contributed by atoms with Gasteiger partial charge in [-0.25, -0.2) is 0 Å². The normalized spacial score (nSPS) is 11.5. The molecule has 0 fully saturated rings. The minimum atomic E-state index is -4.38. The first-order chi connectivity index (χ1) is 10.8. The monoisotopic (exact) mass is 325 g/mol. The van der Waals surface area contributed by atoms with Gasteiger partial charge in [-0.3, -0.25) is 9.48 Å². The van der Waals surface area contributed by atoms with Crippen molar-refractivity contribution in [1.29, 1.82) is 0 Å². The summed E-state index contributed by atoms with van der Waals surface area (Å²) in [6, 6.07) is 6.85. The molecule has 0 atom stereocenters. The van der Waals surface area contributed by atoms with E-state index >= 15 is 0 Å². The minimum absolute atomic E-state index is 0.0693. The number of hydrogen-bond acceptors (Lipinski definition) is 2. The summed E-state index contributed by atoms with van der Waals surface area (Å²) in [5.41, 5.74) is 1.55. The van der Waals surface area contributed by atoms with Gasteiger partial charge in [-0.15, -0.1) is 0 Å². The van der Waals surface area contributed by atoms with Crippen LogP contribution >= 0.6 is 0 Å². The second kappa shape index (κ2) is 6.85. The van der Waals surface area contributed by atoms with Crippen LogP contribution in [0.2, 0.25) is 0 Å². The summed E-state index contributed by atoms with van der Waals surface area (Å²) in [5.74, 6) is -0.227. The number of alkyl halides is 3. The third-order valence-electron chi connectivity index (χ3n) is 3.40. The number of hydrogen-bond donors (Lipinski definition) is 1. The highest BCUT2D eigenvalue weighted by atomic mass is 19.4. The summed E-state index contributed by atoms with van der Waals surface area (Å²) >= 11 is 0. The number of halogens is 3. The molecule has 0 saturated heterocycles. The van der Waals surface area contributed by atoms with E-state index in [1.54, 1.807) is 10.7 Å². The molecule has 0 spiro atoms. The van der Waals surface area contributed by atoms with Crippen LogP contribution in [-0.4, -0.2) is 15.7 Å². The van der Waals surface area contributed by atoms with Crippen LogP contribution in [0, 0.1) is 13.8 Å². The molecule has 1 aromatic heterocycles. The third kappa shape index (κ3) is 4.84. The summed E-state index contributed by atoms with van der Waals surface area (Å²) in [4.78, 5) is 11.8. The van der Waals surface area contributed by atoms with Gasteiger partial charge >= 0.3 is 6.18 Å². The van der Waals surface area contributed by atoms with Gasteiger partial charge in [0.25, 0.3) is 0 Å². The van der Waals surface area contributed by atoms with Gasteiger partial charge in [-0.05, 0) is 37.6 Å². The van der Waals surface area contributed by atoms with Crippen LogP contribution in [-0.2, 0) is 24.1 Å². The van der Waals surface area contributed by atoms with Crippen molar-refractivity contribution < 1.29 is 18.0 Å². The summed E-state index contributed by atoms with van der Waals surface area (Å²) < 4.78 is 39.6. The van der Waals surface area contributed by atoms with Crippen molar-refractivity contribution in [1.82, 2.24) is 15.1 Å². The van der Waals surface area contributed by atoms with Crippen molar-refractivity contribution in [3.05, 3.63) is 52.8 Å². The van der Waals surface area contributed by atoms with Crippen molar-refractivity contribution in [3.8, 4) is 0 Å². The zero-order valence-corrected chi connectivity index (χ0v) is 12.9. The molecule has 0 saturated carbocycles. The Morgan fingerprint density at radius 2 is 2.00 bits per heavy atom. The van der Waals surface area contributed by atoms with Crippen LogP contribution in [0.15, 0.2) is 30.3 Å². The highest BCUT2D eigenvalue weighted by Crippen LogP contribution is 2.29. The van der Waals surface area contributed by atoms with Crippen molar-refractivity contribution in [2.45, 2.75) is 39.5 Å². The lowest BCUT2D eigenvalue weighted by atomic mass is 10.1. The second-order valence-corrected chi connectivity index (χ2v) is 5.38. The van der Waals surface area contributed by atoms with Gasteiger partial charge in [0.05, 0.1) is 11.3 Å². The molecule has 1 amide bonds. The van der Waals surface area contributed by atoms with Crippen LogP contribution in [0.4, 0.5) is 13.2 Å². The number of aromatic nitrogens is 2. The van der Waals surface area contributed by atoms with E-state index in [1.165, 1.54) is 6.07 Å². The van der Waals surface area contributed by atoms with Gasteiger partial charge in [0.15, 0.2) is 0 Å². The van der Waals surface area contributed by atoms with E-state index in [9.17, 15) is 18.0 Å². The highest BCUT2D eigenvalue weighted by molar-refractivity contribution is 5.75. The summed E-state index contributed by atoms with van der Waals surface area (Å²) in [6.07, 6.45) is -4.16. The largest absolute Gasteiger partial charge is 0.416 e. The van der Waals surface area contributed by atoms with Crippen LogP contribution in [0.25, 0.3) is 0 Å². The molecular formula is C16H18F3N3O. The maximum absolute atomic E-state index is 12.6. The molecule has 0 aliphatic carbocycles. The van der Waals surface area contributed by atoms with Gasteiger partial charge in [0.2, 0.25) is 5.91 Å². The Kier molecular flexibility index (Phi) is 5.08. The van der Waals surface area contributed by atoms with Gasteiger partial charge in [0.1, 0.15) is 0 Å². The van der Waals surface area contributed by atoms with Crippen molar-refractivity contribution in [2.75, 3.05) is 0 Å². The first-order valence-electron chi connectivity index (χ1n) is 7.19. The predicted molar refractivity (Wildman–Crippen MR) is 79.6 cm³/mol. The Balaban J connectivity index is 1.86. The molecule has 2 rings (SSSR count). The zero-order chi connectivity index (χ0) is 17.0. The van der Waals surface area contributed by atoms with Crippen molar-refractivity contribution in [2.24, 2.45) is 0 Å². The number of carbonyl (C=O) groups is 1. The quantitative estimate of drug-likeness (QED) is 0.917.